The summed E-state index contributed by atoms with van der Waals surface area (Å²) in [5.74, 6) is -1.55. The molecule has 0 radical (unpaired) electrons. The maximum absolute atomic E-state index is 12.3. The fourth-order valence-corrected chi connectivity index (χ4v) is 6.01. The molecule has 0 aromatic rings. The molecule has 0 aromatic carbocycles. The van der Waals surface area contributed by atoms with Gasteiger partial charge in [-0.2, -0.15) is 4.72 Å². The first kappa shape index (κ1) is 17.4. The Balaban J connectivity index is 2.92. The molecule has 1 saturated heterocycles. The Kier molecular flexibility index (Phi) is 5.20. The smallest absolute Gasteiger partial charge is 0.324 e. The van der Waals surface area contributed by atoms with Crippen LogP contribution in [0.5, 0.6) is 0 Å². The number of sulfone groups is 1. The van der Waals surface area contributed by atoms with Crippen LogP contribution in [0.4, 0.5) is 0 Å². The minimum Gasteiger partial charge on any atom is -0.480 e. The van der Waals surface area contributed by atoms with Crippen molar-refractivity contribution in [2.45, 2.75) is 50.3 Å². The molecule has 0 bridgehead atoms. The van der Waals surface area contributed by atoms with Crippen molar-refractivity contribution >= 4 is 25.8 Å². The van der Waals surface area contributed by atoms with Crippen molar-refractivity contribution in [1.29, 1.82) is 0 Å². The number of carbonyl (C=O) groups is 1. The average molecular weight is 327 g/mol. The van der Waals surface area contributed by atoms with Crippen molar-refractivity contribution in [3.63, 3.8) is 0 Å². The second kappa shape index (κ2) is 5.98. The zero-order valence-corrected chi connectivity index (χ0v) is 13.3. The SMILES string of the molecule is CCC(CC)(NS(=O)(=O)C1CCS(=O)(=O)CC1)C(=O)O. The quantitative estimate of drug-likeness (QED) is 0.716. The van der Waals surface area contributed by atoms with Crippen molar-refractivity contribution in [3.8, 4) is 0 Å². The Bertz CT molecular complexity index is 548. The largest absolute Gasteiger partial charge is 0.480 e. The third-order valence-corrected chi connectivity index (χ3v) is 7.63. The topological polar surface area (TPSA) is 118 Å². The zero-order chi connectivity index (χ0) is 15.6. The number of nitrogens with one attached hydrogen (secondary N) is 1. The second-order valence-electron chi connectivity index (χ2n) is 5.09. The summed E-state index contributed by atoms with van der Waals surface area (Å²) in [6.07, 6.45) is 0.285. The van der Waals surface area contributed by atoms with Gasteiger partial charge in [-0.25, -0.2) is 16.8 Å². The summed E-state index contributed by atoms with van der Waals surface area (Å²) in [5.41, 5.74) is -1.52. The van der Waals surface area contributed by atoms with E-state index in [1.54, 1.807) is 13.8 Å². The molecule has 1 rings (SSSR count). The van der Waals surface area contributed by atoms with Gasteiger partial charge in [-0.15, -0.1) is 0 Å². The van der Waals surface area contributed by atoms with Crippen molar-refractivity contribution in [1.82, 2.24) is 4.72 Å². The van der Waals surface area contributed by atoms with Crippen molar-refractivity contribution in [2.24, 2.45) is 0 Å². The number of hydrogen-bond donors (Lipinski definition) is 2. The fourth-order valence-electron chi connectivity index (χ4n) is 2.27. The molecule has 0 aliphatic carbocycles. The molecule has 1 heterocycles. The molecule has 0 amide bonds. The number of sulfonamides is 1. The van der Waals surface area contributed by atoms with E-state index in [0.717, 1.165) is 0 Å². The van der Waals surface area contributed by atoms with E-state index < -0.39 is 36.6 Å². The molecule has 7 nitrogen and oxygen atoms in total. The minimum absolute atomic E-state index is 0.0147. The van der Waals surface area contributed by atoms with E-state index in [-0.39, 0.29) is 37.2 Å². The van der Waals surface area contributed by atoms with E-state index in [4.69, 9.17) is 0 Å². The summed E-state index contributed by atoms with van der Waals surface area (Å²) >= 11 is 0. The maximum atomic E-state index is 12.3. The molecule has 0 atom stereocenters. The van der Waals surface area contributed by atoms with Gasteiger partial charge >= 0.3 is 5.97 Å². The number of carboxylic acid groups (broad SMARTS) is 1. The van der Waals surface area contributed by atoms with Gasteiger partial charge in [-0.05, 0) is 25.7 Å². The third kappa shape index (κ3) is 3.70. The summed E-state index contributed by atoms with van der Waals surface area (Å²) in [4.78, 5) is 11.3. The standard InChI is InChI=1S/C11H21NO6S2/c1-3-11(4-2,10(13)14)12-20(17,18)9-5-7-19(15,16)8-6-9/h9,12H,3-8H2,1-2H3,(H,13,14). The summed E-state index contributed by atoms with van der Waals surface area (Å²) in [6, 6.07) is 0. The fraction of sp³-hybridized carbons (Fsp3) is 0.909. The predicted molar refractivity (Wildman–Crippen MR) is 74.7 cm³/mol. The van der Waals surface area contributed by atoms with Crippen LogP contribution in [-0.4, -0.2) is 50.2 Å². The van der Waals surface area contributed by atoms with Crippen LogP contribution in [-0.2, 0) is 24.7 Å². The molecule has 0 spiro atoms. The highest BCUT2D eigenvalue weighted by Crippen LogP contribution is 2.23. The molecule has 1 aliphatic heterocycles. The van der Waals surface area contributed by atoms with Crippen molar-refractivity contribution < 1.29 is 26.7 Å². The second-order valence-corrected chi connectivity index (χ2v) is 9.36. The normalized spacial score (nSPS) is 20.7. The predicted octanol–water partition coefficient (Wildman–Crippen LogP) is 0.126. The van der Waals surface area contributed by atoms with Crippen LogP contribution >= 0.6 is 0 Å². The van der Waals surface area contributed by atoms with E-state index in [1.807, 2.05) is 0 Å². The lowest BCUT2D eigenvalue weighted by Gasteiger charge is -2.31. The van der Waals surface area contributed by atoms with Crippen LogP contribution in [0.15, 0.2) is 0 Å². The van der Waals surface area contributed by atoms with E-state index in [0.29, 0.717) is 0 Å². The average Bonchev–Trinajstić information content (AvgIpc) is 2.35. The molecular formula is C11H21NO6S2. The van der Waals surface area contributed by atoms with Gasteiger partial charge in [0.2, 0.25) is 10.0 Å². The molecule has 2 N–H and O–H groups in total. The first-order valence-corrected chi connectivity index (χ1v) is 9.92. The third-order valence-electron chi connectivity index (χ3n) is 3.89. The Hall–Kier alpha value is -0.670. The molecule has 20 heavy (non-hydrogen) atoms. The van der Waals surface area contributed by atoms with Gasteiger partial charge in [0.1, 0.15) is 15.4 Å². The van der Waals surface area contributed by atoms with Crippen LogP contribution in [0, 0.1) is 0 Å². The van der Waals surface area contributed by atoms with E-state index >= 15 is 0 Å². The van der Waals surface area contributed by atoms with Gasteiger partial charge in [-0.1, -0.05) is 13.8 Å². The minimum atomic E-state index is -3.86. The first-order chi connectivity index (χ1) is 9.08. The lowest BCUT2D eigenvalue weighted by Crippen LogP contribution is -2.56. The highest BCUT2D eigenvalue weighted by Gasteiger charge is 2.42. The molecule has 0 unspecified atom stereocenters. The Labute approximate surface area is 119 Å². The van der Waals surface area contributed by atoms with Gasteiger partial charge in [0, 0.05) is 0 Å². The van der Waals surface area contributed by atoms with Gasteiger partial charge in [0.05, 0.1) is 16.8 Å². The first-order valence-electron chi connectivity index (χ1n) is 6.55. The van der Waals surface area contributed by atoms with Gasteiger partial charge in [-0.3, -0.25) is 4.79 Å². The number of carboxylic acids is 1. The Morgan fingerprint density at radius 2 is 1.70 bits per heavy atom. The molecule has 9 heteroatoms. The summed E-state index contributed by atoms with van der Waals surface area (Å²) in [7, 11) is -7.01. The van der Waals surface area contributed by atoms with E-state index in [1.165, 1.54) is 0 Å². The molecule has 1 fully saturated rings. The molecule has 118 valence electrons. The molecular weight excluding hydrogens is 306 g/mol. The highest BCUT2D eigenvalue weighted by atomic mass is 32.2. The maximum Gasteiger partial charge on any atom is 0.324 e. The van der Waals surface area contributed by atoms with E-state index in [9.17, 15) is 26.7 Å². The van der Waals surface area contributed by atoms with Crippen molar-refractivity contribution in [2.75, 3.05) is 11.5 Å². The molecule has 1 aliphatic rings. The summed E-state index contributed by atoms with van der Waals surface area (Å²) in [6.45, 7) is 3.21. The van der Waals surface area contributed by atoms with Crippen LogP contribution in [0.25, 0.3) is 0 Å². The van der Waals surface area contributed by atoms with Gasteiger partial charge < -0.3 is 5.11 Å². The number of rotatable bonds is 6. The molecule has 0 aromatic heterocycles. The van der Waals surface area contributed by atoms with Crippen LogP contribution < -0.4 is 4.72 Å². The monoisotopic (exact) mass is 327 g/mol. The van der Waals surface area contributed by atoms with E-state index in [2.05, 4.69) is 4.72 Å². The number of hydrogen-bond acceptors (Lipinski definition) is 5. The van der Waals surface area contributed by atoms with Gasteiger partial charge in [0.15, 0.2) is 0 Å². The lowest BCUT2D eigenvalue weighted by molar-refractivity contribution is -0.144. The highest BCUT2D eigenvalue weighted by molar-refractivity contribution is 7.92. The Morgan fingerprint density at radius 1 is 1.25 bits per heavy atom. The van der Waals surface area contributed by atoms with Gasteiger partial charge in [0.25, 0.3) is 0 Å². The van der Waals surface area contributed by atoms with Crippen LogP contribution in [0.2, 0.25) is 0 Å². The molecule has 0 saturated carbocycles. The number of aliphatic carboxylic acids is 1. The van der Waals surface area contributed by atoms with Crippen LogP contribution in [0.1, 0.15) is 39.5 Å². The lowest BCUT2D eigenvalue weighted by atomic mass is 9.95. The van der Waals surface area contributed by atoms with Crippen LogP contribution in [0.3, 0.4) is 0 Å². The van der Waals surface area contributed by atoms with Crippen molar-refractivity contribution in [3.05, 3.63) is 0 Å². The zero-order valence-electron chi connectivity index (χ0n) is 11.6. The summed E-state index contributed by atoms with van der Waals surface area (Å²) in [5, 5.41) is 8.40. The summed E-state index contributed by atoms with van der Waals surface area (Å²) < 4.78 is 49.5. The Morgan fingerprint density at radius 3 is 2.05 bits per heavy atom.